The Labute approximate surface area is 95.2 Å². The predicted molar refractivity (Wildman–Crippen MR) is 61.5 cm³/mol. The number of hydrogen-bond acceptors (Lipinski definition) is 2. The molecule has 1 unspecified atom stereocenters. The van der Waals surface area contributed by atoms with E-state index in [-0.39, 0.29) is 0 Å². The highest BCUT2D eigenvalue weighted by atomic mass is 35.5. The van der Waals surface area contributed by atoms with Gasteiger partial charge in [0, 0.05) is 0 Å². The van der Waals surface area contributed by atoms with Crippen LogP contribution in [0.25, 0.3) is 0 Å². The van der Waals surface area contributed by atoms with Crippen molar-refractivity contribution in [2.24, 2.45) is 0 Å². The molecule has 1 rings (SSSR count). The van der Waals surface area contributed by atoms with Crippen molar-refractivity contribution in [2.75, 3.05) is 0 Å². The summed E-state index contributed by atoms with van der Waals surface area (Å²) in [6.45, 7) is 5.80. The highest BCUT2D eigenvalue weighted by molar-refractivity contribution is 6.64. The van der Waals surface area contributed by atoms with Gasteiger partial charge in [0.1, 0.15) is 5.75 Å². The highest BCUT2D eigenvalue weighted by Gasteiger charge is 2.14. The van der Waals surface area contributed by atoms with E-state index in [9.17, 15) is 4.79 Å². The first-order valence-electron chi connectivity index (χ1n) is 4.97. The summed E-state index contributed by atoms with van der Waals surface area (Å²) in [4.78, 5) is 10.9. The van der Waals surface area contributed by atoms with Gasteiger partial charge in [-0.05, 0) is 36.1 Å². The zero-order valence-electron chi connectivity index (χ0n) is 9.16. The van der Waals surface area contributed by atoms with Crippen LogP contribution in [-0.4, -0.2) is 11.3 Å². The lowest BCUT2D eigenvalue weighted by atomic mass is 10.0. The molecule has 0 aromatic heterocycles. The van der Waals surface area contributed by atoms with E-state index >= 15 is 0 Å². The predicted octanol–water partition coefficient (Wildman–Crippen LogP) is 3.34. The van der Waals surface area contributed by atoms with Crippen LogP contribution in [0.2, 0.25) is 0 Å². The standard InChI is InChI=1S/C12H15ClO2/c1-8(2)10-6-4-5-7-11(10)15-9(3)12(13)14/h4-9H,1-3H3. The molecule has 0 aliphatic rings. The molecule has 82 valence electrons. The van der Waals surface area contributed by atoms with E-state index in [0.717, 1.165) is 11.3 Å². The quantitative estimate of drug-likeness (QED) is 0.736. The fraction of sp³-hybridized carbons (Fsp3) is 0.417. The van der Waals surface area contributed by atoms with Gasteiger partial charge in [-0.3, -0.25) is 4.79 Å². The molecule has 1 aromatic rings. The first kappa shape index (κ1) is 12.1. The lowest BCUT2D eigenvalue weighted by Crippen LogP contribution is -2.19. The van der Waals surface area contributed by atoms with Gasteiger partial charge in [0.25, 0.3) is 5.24 Å². The Bertz CT molecular complexity index is 347. The molecule has 2 nitrogen and oxygen atoms in total. The largest absolute Gasteiger partial charge is 0.481 e. The van der Waals surface area contributed by atoms with Gasteiger partial charge < -0.3 is 4.74 Å². The molecule has 0 heterocycles. The molecule has 0 radical (unpaired) electrons. The third kappa shape index (κ3) is 3.24. The number of carbonyl (C=O) groups is 1. The lowest BCUT2D eigenvalue weighted by Gasteiger charge is -2.16. The number of hydrogen-bond donors (Lipinski definition) is 0. The Morgan fingerprint density at radius 1 is 1.27 bits per heavy atom. The second-order valence-corrected chi connectivity index (χ2v) is 4.13. The first-order chi connectivity index (χ1) is 7.02. The summed E-state index contributed by atoms with van der Waals surface area (Å²) in [5, 5.41) is -0.478. The van der Waals surface area contributed by atoms with E-state index in [1.54, 1.807) is 6.92 Å². The molecule has 3 heteroatoms. The summed E-state index contributed by atoms with van der Waals surface area (Å²) >= 11 is 5.35. The van der Waals surface area contributed by atoms with E-state index in [1.165, 1.54) is 0 Å². The smallest absolute Gasteiger partial charge is 0.262 e. The third-order valence-electron chi connectivity index (χ3n) is 2.16. The van der Waals surface area contributed by atoms with Crippen LogP contribution in [0.4, 0.5) is 0 Å². The first-order valence-corrected chi connectivity index (χ1v) is 5.35. The van der Waals surface area contributed by atoms with Crippen molar-refractivity contribution in [2.45, 2.75) is 32.8 Å². The number of ether oxygens (including phenoxy) is 1. The summed E-state index contributed by atoms with van der Waals surface area (Å²) < 4.78 is 5.49. The van der Waals surface area contributed by atoms with Crippen molar-refractivity contribution in [3.63, 3.8) is 0 Å². The number of carbonyl (C=O) groups excluding carboxylic acids is 1. The number of para-hydroxylation sites is 1. The molecule has 1 atom stereocenters. The minimum absolute atomic E-state index is 0.360. The van der Waals surface area contributed by atoms with Crippen LogP contribution >= 0.6 is 11.6 Å². The van der Waals surface area contributed by atoms with Gasteiger partial charge in [0.15, 0.2) is 6.10 Å². The maximum absolute atomic E-state index is 10.9. The molecular weight excluding hydrogens is 212 g/mol. The third-order valence-corrected chi connectivity index (χ3v) is 2.47. The summed E-state index contributed by atoms with van der Waals surface area (Å²) in [7, 11) is 0. The van der Waals surface area contributed by atoms with Crippen LogP contribution in [0.15, 0.2) is 24.3 Å². The molecule has 0 aliphatic carbocycles. The molecule has 0 N–H and O–H groups in total. The van der Waals surface area contributed by atoms with Crippen molar-refractivity contribution in [3.05, 3.63) is 29.8 Å². The molecular formula is C12H15ClO2. The Morgan fingerprint density at radius 3 is 2.40 bits per heavy atom. The minimum Gasteiger partial charge on any atom is -0.481 e. The van der Waals surface area contributed by atoms with Crippen LogP contribution in [0.1, 0.15) is 32.3 Å². The Balaban J connectivity index is 2.89. The number of benzene rings is 1. The Morgan fingerprint density at radius 2 is 1.87 bits per heavy atom. The topological polar surface area (TPSA) is 26.3 Å². The van der Waals surface area contributed by atoms with Gasteiger partial charge in [-0.15, -0.1) is 0 Å². The van der Waals surface area contributed by atoms with Gasteiger partial charge in [-0.1, -0.05) is 32.0 Å². The maximum Gasteiger partial charge on any atom is 0.262 e. The van der Waals surface area contributed by atoms with Crippen LogP contribution in [0, 0.1) is 0 Å². The van der Waals surface area contributed by atoms with Gasteiger partial charge >= 0.3 is 0 Å². The summed E-state index contributed by atoms with van der Waals surface area (Å²) in [6, 6.07) is 7.68. The molecule has 0 aliphatic heterocycles. The average molecular weight is 227 g/mol. The van der Waals surface area contributed by atoms with E-state index in [1.807, 2.05) is 24.3 Å². The van der Waals surface area contributed by atoms with Crippen molar-refractivity contribution in [1.82, 2.24) is 0 Å². The van der Waals surface area contributed by atoms with Gasteiger partial charge in [0.05, 0.1) is 0 Å². The average Bonchev–Trinajstić information content (AvgIpc) is 2.18. The zero-order valence-corrected chi connectivity index (χ0v) is 9.91. The van der Waals surface area contributed by atoms with Crippen molar-refractivity contribution in [1.29, 1.82) is 0 Å². The normalized spacial score (nSPS) is 12.6. The SMILES string of the molecule is CC(Oc1ccccc1C(C)C)C(=O)Cl. The maximum atomic E-state index is 10.9. The van der Waals surface area contributed by atoms with Crippen LogP contribution in [0.5, 0.6) is 5.75 Å². The van der Waals surface area contributed by atoms with Gasteiger partial charge in [-0.2, -0.15) is 0 Å². The second kappa shape index (κ2) is 5.17. The number of rotatable bonds is 4. The molecule has 0 saturated heterocycles. The second-order valence-electron chi connectivity index (χ2n) is 3.76. The van der Waals surface area contributed by atoms with Crippen LogP contribution in [-0.2, 0) is 4.79 Å². The molecule has 0 fully saturated rings. The Kier molecular flexibility index (Phi) is 4.15. The fourth-order valence-electron chi connectivity index (χ4n) is 1.30. The van der Waals surface area contributed by atoms with E-state index in [4.69, 9.17) is 16.3 Å². The molecule has 15 heavy (non-hydrogen) atoms. The zero-order chi connectivity index (χ0) is 11.4. The summed E-state index contributed by atoms with van der Waals surface area (Å²) in [6.07, 6.45) is -0.605. The Hall–Kier alpha value is -1.02. The molecule has 0 amide bonds. The summed E-state index contributed by atoms with van der Waals surface area (Å²) in [5.41, 5.74) is 1.09. The highest BCUT2D eigenvalue weighted by Crippen LogP contribution is 2.26. The van der Waals surface area contributed by atoms with E-state index in [0.29, 0.717) is 5.92 Å². The lowest BCUT2D eigenvalue weighted by molar-refractivity contribution is -0.117. The van der Waals surface area contributed by atoms with Crippen molar-refractivity contribution < 1.29 is 9.53 Å². The number of halogens is 1. The minimum atomic E-state index is -0.605. The van der Waals surface area contributed by atoms with Gasteiger partial charge in [0.2, 0.25) is 0 Å². The molecule has 0 bridgehead atoms. The molecule has 0 saturated carbocycles. The molecule has 1 aromatic carbocycles. The van der Waals surface area contributed by atoms with Gasteiger partial charge in [-0.25, -0.2) is 0 Å². The fourth-order valence-corrected chi connectivity index (χ4v) is 1.35. The van der Waals surface area contributed by atoms with Crippen LogP contribution < -0.4 is 4.74 Å². The van der Waals surface area contributed by atoms with Crippen molar-refractivity contribution in [3.8, 4) is 5.75 Å². The summed E-state index contributed by atoms with van der Waals surface area (Å²) in [5.74, 6) is 1.09. The van der Waals surface area contributed by atoms with E-state index in [2.05, 4.69) is 13.8 Å². The van der Waals surface area contributed by atoms with Crippen molar-refractivity contribution >= 4 is 16.8 Å². The molecule has 0 spiro atoms. The monoisotopic (exact) mass is 226 g/mol. The van der Waals surface area contributed by atoms with E-state index < -0.39 is 11.3 Å². The van der Waals surface area contributed by atoms with Crippen LogP contribution in [0.3, 0.4) is 0 Å².